The van der Waals surface area contributed by atoms with E-state index in [2.05, 4.69) is 0 Å². The van der Waals surface area contributed by atoms with E-state index in [1.807, 2.05) is 0 Å². The molecule has 1 aliphatic carbocycles. The molecule has 2 aliphatic rings. The minimum absolute atomic E-state index is 0.220. The zero-order chi connectivity index (χ0) is 12.8. The molecule has 1 heterocycles. The summed E-state index contributed by atoms with van der Waals surface area (Å²) in [6.07, 6.45) is 5.70. The number of aliphatic hydroxyl groups is 1. The molecule has 1 spiro atoms. The maximum absolute atomic E-state index is 10.3. The predicted molar refractivity (Wildman–Crippen MR) is 72.5 cm³/mol. The van der Waals surface area contributed by atoms with Crippen molar-refractivity contribution in [3.05, 3.63) is 27.7 Å². The zero-order valence-corrected chi connectivity index (χ0v) is 11.6. The Morgan fingerprint density at radius 1 is 1.17 bits per heavy atom. The van der Waals surface area contributed by atoms with Gasteiger partial charge in [-0.1, -0.05) is 29.6 Å². The second-order valence-corrected chi connectivity index (χ2v) is 6.22. The molecule has 2 nitrogen and oxygen atoms in total. The molecule has 0 aromatic heterocycles. The van der Waals surface area contributed by atoms with Crippen LogP contribution >= 0.6 is 23.2 Å². The molecule has 1 N–H and O–H groups in total. The topological polar surface area (TPSA) is 29.5 Å². The van der Waals surface area contributed by atoms with Gasteiger partial charge in [0.2, 0.25) is 0 Å². The van der Waals surface area contributed by atoms with Gasteiger partial charge in [0.15, 0.2) is 0 Å². The monoisotopic (exact) mass is 286 g/mol. The van der Waals surface area contributed by atoms with Gasteiger partial charge in [-0.3, -0.25) is 0 Å². The molecule has 4 heteroatoms. The van der Waals surface area contributed by atoms with Gasteiger partial charge in [0, 0.05) is 17.0 Å². The van der Waals surface area contributed by atoms with Crippen LogP contribution in [-0.2, 0) is 0 Å². The van der Waals surface area contributed by atoms with Gasteiger partial charge in [-0.25, -0.2) is 0 Å². The molecule has 1 aliphatic heterocycles. The number of benzene rings is 1. The van der Waals surface area contributed by atoms with Crippen molar-refractivity contribution in [3.8, 4) is 5.75 Å². The van der Waals surface area contributed by atoms with Crippen LogP contribution < -0.4 is 4.74 Å². The molecular weight excluding hydrogens is 271 g/mol. The summed E-state index contributed by atoms with van der Waals surface area (Å²) < 4.78 is 6.17. The summed E-state index contributed by atoms with van der Waals surface area (Å²) in [5.74, 6) is 0.627. The first kappa shape index (κ1) is 12.6. The first-order chi connectivity index (χ1) is 8.60. The minimum Gasteiger partial charge on any atom is -0.485 e. The van der Waals surface area contributed by atoms with Gasteiger partial charge in [-0.05, 0) is 37.8 Å². The van der Waals surface area contributed by atoms with Crippen LogP contribution in [0.2, 0.25) is 10.0 Å². The van der Waals surface area contributed by atoms with Crippen molar-refractivity contribution in [1.29, 1.82) is 0 Å². The average molecular weight is 287 g/mol. The number of halogens is 2. The van der Waals surface area contributed by atoms with Crippen LogP contribution in [0.25, 0.3) is 0 Å². The second kappa shape index (κ2) is 4.59. The normalized spacial score (nSPS) is 25.6. The molecule has 1 unspecified atom stereocenters. The molecule has 1 atom stereocenters. The summed E-state index contributed by atoms with van der Waals surface area (Å²) in [5, 5.41) is 11.4. The van der Waals surface area contributed by atoms with Gasteiger partial charge in [0.05, 0.1) is 11.1 Å². The predicted octanol–water partition coefficient (Wildman–Crippen LogP) is 4.51. The van der Waals surface area contributed by atoms with Gasteiger partial charge in [0.25, 0.3) is 0 Å². The van der Waals surface area contributed by atoms with Gasteiger partial charge in [-0.2, -0.15) is 0 Å². The number of hydrogen-bond acceptors (Lipinski definition) is 2. The van der Waals surface area contributed by atoms with E-state index >= 15 is 0 Å². The van der Waals surface area contributed by atoms with E-state index in [4.69, 9.17) is 27.9 Å². The van der Waals surface area contributed by atoms with Crippen molar-refractivity contribution < 1.29 is 9.84 Å². The highest BCUT2D eigenvalue weighted by molar-refractivity contribution is 6.35. The number of hydrogen-bond donors (Lipinski definition) is 1. The van der Waals surface area contributed by atoms with Crippen LogP contribution in [-0.4, -0.2) is 10.7 Å². The largest absolute Gasteiger partial charge is 0.485 e. The Morgan fingerprint density at radius 2 is 1.89 bits per heavy atom. The highest BCUT2D eigenvalue weighted by atomic mass is 35.5. The summed E-state index contributed by atoms with van der Waals surface area (Å²) in [6.45, 7) is 0. The van der Waals surface area contributed by atoms with E-state index in [0.717, 1.165) is 31.2 Å². The lowest BCUT2D eigenvalue weighted by Gasteiger charge is -2.43. The molecule has 98 valence electrons. The fraction of sp³-hybridized carbons (Fsp3) is 0.571. The van der Waals surface area contributed by atoms with Crippen molar-refractivity contribution in [2.45, 2.75) is 50.2 Å². The molecule has 0 bridgehead atoms. The van der Waals surface area contributed by atoms with Crippen molar-refractivity contribution in [3.63, 3.8) is 0 Å². The molecule has 0 saturated heterocycles. The Bertz CT molecular complexity index is 467. The minimum atomic E-state index is -0.525. The van der Waals surface area contributed by atoms with Gasteiger partial charge in [0.1, 0.15) is 11.4 Å². The van der Waals surface area contributed by atoms with Crippen molar-refractivity contribution in [1.82, 2.24) is 0 Å². The van der Waals surface area contributed by atoms with Crippen LogP contribution in [0, 0.1) is 0 Å². The summed E-state index contributed by atoms with van der Waals surface area (Å²) in [5.41, 5.74) is 0.506. The van der Waals surface area contributed by atoms with Crippen LogP contribution in [0.1, 0.15) is 50.2 Å². The Hall–Kier alpha value is -0.440. The fourth-order valence-electron chi connectivity index (χ4n) is 3.16. The van der Waals surface area contributed by atoms with E-state index in [1.165, 1.54) is 6.42 Å². The van der Waals surface area contributed by atoms with E-state index in [9.17, 15) is 5.11 Å². The second-order valence-electron chi connectivity index (χ2n) is 5.37. The lowest BCUT2D eigenvalue weighted by atomic mass is 9.78. The fourth-order valence-corrected chi connectivity index (χ4v) is 3.71. The lowest BCUT2D eigenvalue weighted by molar-refractivity contribution is -0.0380. The lowest BCUT2D eigenvalue weighted by Crippen LogP contribution is -2.42. The van der Waals surface area contributed by atoms with Crippen LogP contribution in [0.15, 0.2) is 12.1 Å². The zero-order valence-electron chi connectivity index (χ0n) is 10.1. The molecule has 0 amide bonds. The first-order valence-corrected chi connectivity index (χ1v) is 7.21. The van der Waals surface area contributed by atoms with E-state index < -0.39 is 6.10 Å². The third-order valence-corrected chi connectivity index (χ3v) is 4.54. The van der Waals surface area contributed by atoms with Gasteiger partial charge < -0.3 is 9.84 Å². The molecule has 3 rings (SSSR count). The first-order valence-electron chi connectivity index (χ1n) is 6.46. The van der Waals surface area contributed by atoms with E-state index in [1.54, 1.807) is 12.1 Å². The molecule has 1 aromatic carbocycles. The Morgan fingerprint density at radius 3 is 2.61 bits per heavy atom. The smallest absolute Gasteiger partial charge is 0.144 e. The Labute approximate surface area is 117 Å². The third kappa shape index (κ3) is 2.11. The Kier molecular flexibility index (Phi) is 3.21. The number of ether oxygens (including phenoxy) is 1. The highest BCUT2D eigenvalue weighted by Gasteiger charge is 2.42. The summed E-state index contributed by atoms with van der Waals surface area (Å²) >= 11 is 12.2. The number of fused-ring (bicyclic) bond motifs is 1. The maximum Gasteiger partial charge on any atom is 0.144 e. The number of aliphatic hydroxyl groups excluding tert-OH is 1. The molecule has 0 radical (unpaired) electrons. The van der Waals surface area contributed by atoms with E-state index in [0.29, 0.717) is 22.2 Å². The van der Waals surface area contributed by atoms with Gasteiger partial charge in [-0.15, -0.1) is 0 Å². The summed E-state index contributed by atoms with van der Waals surface area (Å²) in [7, 11) is 0. The Balaban J connectivity index is 2.01. The van der Waals surface area contributed by atoms with E-state index in [-0.39, 0.29) is 5.60 Å². The molecule has 1 saturated carbocycles. The van der Waals surface area contributed by atoms with Crippen LogP contribution in [0.5, 0.6) is 5.75 Å². The third-order valence-electron chi connectivity index (χ3n) is 4.04. The summed E-state index contributed by atoms with van der Waals surface area (Å²) in [6, 6.07) is 3.43. The molecule has 1 aromatic rings. The van der Waals surface area contributed by atoms with Crippen molar-refractivity contribution >= 4 is 23.2 Å². The average Bonchev–Trinajstić information content (AvgIpc) is 2.32. The SMILES string of the molecule is OC1CC2(CCCCC2)Oc2c(Cl)cc(Cl)cc21. The maximum atomic E-state index is 10.3. The molecule has 18 heavy (non-hydrogen) atoms. The van der Waals surface area contributed by atoms with Gasteiger partial charge >= 0.3 is 0 Å². The quantitative estimate of drug-likeness (QED) is 0.760. The standard InChI is InChI=1S/C14H16Cl2O2/c15-9-6-10-12(17)8-14(4-2-1-3-5-14)18-13(10)11(16)7-9/h6-7,12,17H,1-5,8H2. The van der Waals surface area contributed by atoms with Crippen LogP contribution in [0.3, 0.4) is 0 Å². The van der Waals surface area contributed by atoms with Crippen LogP contribution in [0.4, 0.5) is 0 Å². The number of rotatable bonds is 0. The molecular formula is C14H16Cl2O2. The summed E-state index contributed by atoms with van der Waals surface area (Å²) in [4.78, 5) is 0. The highest BCUT2D eigenvalue weighted by Crippen LogP contribution is 2.49. The van der Waals surface area contributed by atoms with Crippen molar-refractivity contribution in [2.75, 3.05) is 0 Å². The molecule has 1 fully saturated rings. The van der Waals surface area contributed by atoms with Crippen molar-refractivity contribution in [2.24, 2.45) is 0 Å².